The van der Waals surface area contributed by atoms with Gasteiger partial charge in [0.05, 0.1) is 17.1 Å². The maximum absolute atomic E-state index is 5.65. The number of aryl methyl sites for hydroxylation is 2. The number of aromatic nitrogens is 3. The van der Waals surface area contributed by atoms with Crippen molar-refractivity contribution < 1.29 is 4.42 Å². The average molecular weight is 317 g/mol. The topological polar surface area (TPSA) is 51.8 Å². The van der Waals surface area contributed by atoms with Crippen LogP contribution in [0, 0.1) is 13.8 Å². The Kier molecular flexibility index (Phi) is 4.36. The number of benzene rings is 1. The van der Waals surface area contributed by atoms with E-state index in [9.17, 15) is 0 Å². The van der Waals surface area contributed by atoms with Gasteiger partial charge >= 0.3 is 0 Å². The highest BCUT2D eigenvalue weighted by molar-refractivity contribution is 7.98. The Hall–Kier alpha value is -1.66. The highest BCUT2D eigenvalue weighted by atomic mass is 32.2. The first-order valence-electron chi connectivity index (χ1n) is 6.61. The second-order valence-electron chi connectivity index (χ2n) is 4.77. The first kappa shape index (κ1) is 14.3. The van der Waals surface area contributed by atoms with Crippen LogP contribution in [-0.2, 0) is 12.2 Å². The zero-order chi connectivity index (χ0) is 14.7. The predicted molar refractivity (Wildman–Crippen MR) is 84.7 cm³/mol. The summed E-state index contributed by atoms with van der Waals surface area (Å²) in [4.78, 5) is 4.40. The fourth-order valence-electron chi connectivity index (χ4n) is 1.96. The summed E-state index contributed by atoms with van der Waals surface area (Å²) in [5, 5.41) is 11.8. The molecule has 0 saturated carbocycles. The summed E-state index contributed by atoms with van der Waals surface area (Å²) in [6.07, 6.45) is 0.600. The fourth-order valence-corrected chi connectivity index (χ4v) is 3.30. The van der Waals surface area contributed by atoms with Crippen LogP contribution >= 0.6 is 23.1 Å². The molecule has 0 radical (unpaired) electrons. The van der Waals surface area contributed by atoms with Crippen molar-refractivity contribution in [3.8, 4) is 0 Å². The zero-order valence-electron chi connectivity index (χ0n) is 11.9. The molecule has 0 fully saturated rings. The van der Waals surface area contributed by atoms with Crippen LogP contribution in [-0.4, -0.2) is 15.2 Å². The maximum Gasteiger partial charge on any atom is 0.276 e. The van der Waals surface area contributed by atoms with Crippen LogP contribution in [0.25, 0.3) is 0 Å². The molecule has 0 amide bonds. The molecule has 4 nitrogen and oxygen atoms in total. The lowest BCUT2D eigenvalue weighted by molar-refractivity contribution is 0.419. The SMILES string of the molecule is Cc1cccc(CSc2nnc(Cc3csc(C)n3)o2)c1. The van der Waals surface area contributed by atoms with Crippen LogP contribution in [0.2, 0.25) is 0 Å². The Labute approximate surface area is 131 Å². The third-order valence-corrected chi connectivity index (χ3v) is 4.60. The second kappa shape index (κ2) is 6.41. The predicted octanol–water partition coefficient (Wildman–Crippen LogP) is 4.03. The van der Waals surface area contributed by atoms with Gasteiger partial charge in [0.1, 0.15) is 0 Å². The summed E-state index contributed by atoms with van der Waals surface area (Å²) in [7, 11) is 0. The third-order valence-electron chi connectivity index (χ3n) is 2.89. The van der Waals surface area contributed by atoms with Crippen LogP contribution in [0.1, 0.15) is 27.7 Å². The van der Waals surface area contributed by atoms with Gasteiger partial charge in [0.25, 0.3) is 5.22 Å². The number of thioether (sulfide) groups is 1. The van der Waals surface area contributed by atoms with E-state index in [4.69, 9.17) is 4.42 Å². The molecule has 0 aliphatic rings. The number of thiazole rings is 1. The fraction of sp³-hybridized carbons (Fsp3) is 0.267. The van der Waals surface area contributed by atoms with Crippen LogP contribution in [0.4, 0.5) is 0 Å². The van der Waals surface area contributed by atoms with E-state index in [1.165, 1.54) is 11.1 Å². The highest BCUT2D eigenvalue weighted by Gasteiger charge is 2.09. The van der Waals surface area contributed by atoms with E-state index >= 15 is 0 Å². The summed E-state index contributed by atoms with van der Waals surface area (Å²) in [5.74, 6) is 1.45. The normalized spacial score (nSPS) is 11.0. The summed E-state index contributed by atoms with van der Waals surface area (Å²) in [6, 6.07) is 8.43. The zero-order valence-corrected chi connectivity index (χ0v) is 13.5. The van der Waals surface area contributed by atoms with Gasteiger partial charge in [0.2, 0.25) is 5.89 Å². The molecular formula is C15H15N3OS2. The Bertz CT molecular complexity index is 736. The van der Waals surface area contributed by atoms with Crippen molar-refractivity contribution in [2.75, 3.05) is 0 Å². The standard InChI is InChI=1S/C15H15N3OS2/c1-10-4-3-5-12(6-10)8-21-15-18-17-14(19-15)7-13-9-20-11(2)16-13/h3-6,9H,7-8H2,1-2H3. The van der Waals surface area contributed by atoms with Crippen molar-refractivity contribution in [3.05, 3.63) is 57.4 Å². The maximum atomic E-state index is 5.65. The lowest BCUT2D eigenvalue weighted by atomic mass is 10.2. The Morgan fingerprint density at radius 2 is 2.14 bits per heavy atom. The molecule has 0 bridgehead atoms. The number of nitrogens with zero attached hydrogens (tertiary/aromatic N) is 3. The summed E-state index contributed by atoms with van der Waals surface area (Å²) in [6.45, 7) is 4.08. The summed E-state index contributed by atoms with van der Waals surface area (Å²) < 4.78 is 5.65. The number of hydrogen-bond acceptors (Lipinski definition) is 6. The van der Waals surface area contributed by atoms with Gasteiger partial charge in [0, 0.05) is 11.1 Å². The van der Waals surface area contributed by atoms with E-state index in [1.54, 1.807) is 23.1 Å². The minimum absolute atomic E-state index is 0.600. The van der Waals surface area contributed by atoms with E-state index in [0.717, 1.165) is 16.5 Å². The lowest BCUT2D eigenvalue weighted by Crippen LogP contribution is -1.88. The second-order valence-corrected chi connectivity index (χ2v) is 6.76. The molecule has 21 heavy (non-hydrogen) atoms. The molecule has 6 heteroatoms. The molecule has 3 aromatic rings. The number of rotatable bonds is 5. The Balaban J connectivity index is 1.60. The quantitative estimate of drug-likeness (QED) is 0.665. The molecule has 0 aliphatic carbocycles. The van der Waals surface area contributed by atoms with E-state index in [1.807, 2.05) is 12.3 Å². The van der Waals surface area contributed by atoms with Crippen molar-refractivity contribution in [2.45, 2.75) is 31.2 Å². The highest BCUT2D eigenvalue weighted by Crippen LogP contribution is 2.22. The first-order chi connectivity index (χ1) is 10.2. The van der Waals surface area contributed by atoms with E-state index in [-0.39, 0.29) is 0 Å². The van der Waals surface area contributed by atoms with E-state index in [2.05, 4.69) is 46.4 Å². The Morgan fingerprint density at radius 1 is 1.24 bits per heavy atom. The van der Waals surface area contributed by atoms with Gasteiger partial charge in [-0.25, -0.2) is 4.98 Å². The third kappa shape index (κ3) is 3.92. The Morgan fingerprint density at radius 3 is 2.90 bits per heavy atom. The molecule has 0 spiro atoms. The first-order valence-corrected chi connectivity index (χ1v) is 8.47. The summed E-state index contributed by atoms with van der Waals surface area (Å²) >= 11 is 3.19. The van der Waals surface area contributed by atoms with Gasteiger partial charge < -0.3 is 4.42 Å². The van der Waals surface area contributed by atoms with Crippen molar-refractivity contribution in [2.24, 2.45) is 0 Å². The van der Waals surface area contributed by atoms with Gasteiger partial charge in [-0.15, -0.1) is 21.5 Å². The van der Waals surface area contributed by atoms with Gasteiger partial charge in [-0.2, -0.15) is 0 Å². The van der Waals surface area contributed by atoms with Crippen LogP contribution in [0.15, 0.2) is 39.3 Å². The van der Waals surface area contributed by atoms with Gasteiger partial charge in [-0.3, -0.25) is 0 Å². The smallest absolute Gasteiger partial charge is 0.276 e. The van der Waals surface area contributed by atoms with Gasteiger partial charge in [-0.1, -0.05) is 41.6 Å². The van der Waals surface area contributed by atoms with E-state index in [0.29, 0.717) is 17.5 Å². The molecule has 2 heterocycles. The molecule has 3 rings (SSSR count). The summed E-state index contributed by atoms with van der Waals surface area (Å²) in [5.41, 5.74) is 3.50. The largest absolute Gasteiger partial charge is 0.416 e. The molecule has 0 unspecified atom stereocenters. The number of hydrogen-bond donors (Lipinski definition) is 0. The molecule has 0 saturated heterocycles. The molecule has 0 atom stereocenters. The van der Waals surface area contributed by atoms with Crippen LogP contribution in [0.3, 0.4) is 0 Å². The molecular weight excluding hydrogens is 302 g/mol. The molecule has 1 aromatic carbocycles. The average Bonchev–Trinajstić information content (AvgIpc) is 3.06. The van der Waals surface area contributed by atoms with Crippen molar-refractivity contribution >= 4 is 23.1 Å². The van der Waals surface area contributed by atoms with E-state index < -0.39 is 0 Å². The molecule has 2 aromatic heterocycles. The van der Waals surface area contributed by atoms with Crippen molar-refractivity contribution in [1.82, 2.24) is 15.2 Å². The molecule has 0 aliphatic heterocycles. The van der Waals surface area contributed by atoms with Crippen molar-refractivity contribution in [3.63, 3.8) is 0 Å². The minimum Gasteiger partial charge on any atom is -0.416 e. The minimum atomic E-state index is 0.600. The molecule has 108 valence electrons. The monoisotopic (exact) mass is 317 g/mol. The van der Waals surface area contributed by atoms with Gasteiger partial charge in [0.15, 0.2) is 0 Å². The van der Waals surface area contributed by atoms with Crippen LogP contribution < -0.4 is 0 Å². The lowest BCUT2D eigenvalue weighted by Gasteiger charge is -1.99. The van der Waals surface area contributed by atoms with Gasteiger partial charge in [-0.05, 0) is 19.4 Å². The van der Waals surface area contributed by atoms with Crippen LogP contribution in [0.5, 0.6) is 0 Å². The molecule has 0 N–H and O–H groups in total. The van der Waals surface area contributed by atoms with Crippen molar-refractivity contribution in [1.29, 1.82) is 0 Å².